The van der Waals surface area contributed by atoms with E-state index < -0.39 is 11.6 Å². The van der Waals surface area contributed by atoms with Crippen LogP contribution in [-0.2, 0) is 0 Å². The molecule has 1 saturated heterocycles. The molecule has 1 aromatic carbocycles. The maximum absolute atomic E-state index is 13.7. The largest absolute Gasteiger partial charge is 0.380 e. The lowest BCUT2D eigenvalue weighted by Crippen LogP contribution is -2.39. The van der Waals surface area contributed by atoms with Crippen molar-refractivity contribution in [1.82, 2.24) is 4.90 Å². The summed E-state index contributed by atoms with van der Waals surface area (Å²) in [6.07, 6.45) is 3.10. The smallest absolute Gasteiger partial charge is 0.147 e. The summed E-state index contributed by atoms with van der Waals surface area (Å²) >= 11 is 2.98. The van der Waals surface area contributed by atoms with E-state index in [4.69, 9.17) is 0 Å². The highest BCUT2D eigenvalue weighted by Gasteiger charge is 2.19. The third kappa shape index (κ3) is 3.89. The van der Waals surface area contributed by atoms with E-state index in [1.807, 2.05) is 0 Å². The van der Waals surface area contributed by atoms with Gasteiger partial charge in [0, 0.05) is 25.2 Å². The predicted molar refractivity (Wildman–Crippen MR) is 77.4 cm³/mol. The van der Waals surface area contributed by atoms with E-state index in [-0.39, 0.29) is 16.2 Å². The maximum Gasteiger partial charge on any atom is 0.147 e. The summed E-state index contributed by atoms with van der Waals surface area (Å²) in [5, 5.41) is 3.12. The first-order chi connectivity index (χ1) is 9.10. The number of anilines is 1. The molecule has 0 aromatic heterocycles. The van der Waals surface area contributed by atoms with Gasteiger partial charge in [0.05, 0.1) is 10.2 Å². The predicted octanol–water partition coefficient (Wildman–Crippen LogP) is 4.01. The van der Waals surface area contributed by atoms with Gasteiger partial charge >= 0.3 is 0 Å². The van der Waals surface area contributed by atoms with Gasteiger partial charge in [0.2, 0.25) is 0 Å². The highest BCUT2D eigenvalue weighted by Crippen LogP contribution is 2.25. The Hall–Kier alpha value is -0.680. The van der Waals surface area contributed by atoms with Crippen LogP contribution in [0, 0.1) is 11.6 Å². The average molecular weight is 333 g/mol. The summed E-state index contributed by atoms with van der Waals surface area (Å²) < 4.78 is 27.3. The standard InChI is InChI=1S/C14H19BrF2N2/c1-2-5-19-6-3-10(4-7-19)18-14-9-12(16)11(15)8-13(14)17/h8-10,18H,2-7H2,1H3. The molecule has 1 aliphatic heterocycles. The van der Waals surface area contributed by atoms with E-state index in [2.05, 4.69) is 33.1 Å². The molecule has 0 amide bonds. The van der Waals surface area contributed by atoms with Gasteiger partial charge in [-0.1, -0.05) is 6.92 Å². The number of hydrogen-bond acceptors (Lipinski definition) is 2. The third-order valence-electron chi connectivity index (χ3n) is 3.50. The Morgan fingerprint density at radius 2 is 1.95 bits per heavy atom. The molecular formula is C14H19BrF2N2. The highest BCUT2D eigenvalue weighted by molar-refractivity contribution is 9.10. The number of piperidine rings is 1. The molecule has 0 atom stereocenters. The molecule has 1 aromatic rings. The number of halogens is 3. The second-order valence-electron chi connectivity index (χ2n) is 5.01. The fourth-order valence-electron chi connectivity index (χ4n) is 2.47. The number of rotatable bonds is 4. The monoisotopic (exact) mass is 332 g/mol. The zero-order valence-corrected chi connectivity index (χ0v) is 12.6. The van der Waals surface area contributed by atoms with Crippen molar-refractivity contribution in [3.8, 4) is 0 Å². The van der Waals surface area contributed by atoms with E-state index >= 15 is 0 Å². The van der Waals surface area contributed by atoms with Crippen LogP contribution < -0.4 is 5.32 Å². The molecule has 0 spiro atoms. The molecule has 1 aliphatic rings. The van der Waals surface area contributed by atoms with Gasteiger partial charge in [-0.15, -0.1) is 0 Å². The van der Waals surface area contributed by atoms with Gasteiger partial charge in [0.25, 0.3) is 0 Å². The van der Waals surface area contributed by atoms with Crippen LogP contribution in [0.4, 0.5) is 14.5 Å². The number of benzene rings is 1. The molecule has 106 valence electrons. The molecule has 0 saturated carbocycles. The highest BCUT2D eigenvalue weighted by atomic mass is 79.9. The molecule has 1 N–H and O–H groups in total. The first-order valence-electron chi connectivity index (χ1n) is 6.73. The maximum atomic E-state index is 13.7. The molecule has 1 heterocycles. The van der Waals surface area contributed by atoms with Crippen molar-refractivity contribution in [2.24, 2.45) is 0 Å². The lowest BCUT2D eigenvalue weighted by Gasteiger charge is -2.32. The summed E-state index contributed by atoms with van der Waals surface area (Å²) in [5.41, 5.74) is 0.259. The van der Waals surface area contributed by atoms with Crippen LogP contribution in [0.2, 0.25) is 0 Å². The summed E-state index contributed by atoms with van der Waals surface area (Å²) in [7, 11) is 0. The van der Waals surface area contributed by atoms with E-state index in [1.165, 1.54) is 12.1 Å². The molecule has 0 radical (unpaired) electrons. The number of likely N-dealkylation sites (tertiary alicyclic amines) is 1. The Labute approximate surface area is 121 Å². The summed E-state index contributed by atoms with van der Waals surface area (Å²) in [6.45, 7) is 5.33. The molecule has 0 bridgehead atoms. The summed E-state index contributed by atoms with van der Waals surface area (Å²) in [4.78, 5) is 2.41. The van der Waals surface area contributed by atoms with Crippen molar-refractivity contribution in [1.29, 1.82) is 0 Å². The van der Waals surface area contributed by atoms with Crippen molar-refractivity contribution < 1.29 is 8.78 Å². The van der Waals surface area contributed by atoms with Crippen LogP contribution in [0.1, 0.15) is 26.2 Å². The second-order valence-corrected chi connectivity index (χ2v) is 5.86. The number of hydrogen-bond donors (Lipinski definition) is 1. The Morgan fingerprint density at radius 1 is 1.26 bits per heavy atom. The Balaban J connectivity index is 1.94. The van der Waals surface area contributed by atoms with E-state index in [1.54, 1.807) is 0 Å². The minimum absolute atomic E-state index is 0.160. The third-order valence-corrected chi connectivity index (χ3v) is 4.10. The Morgan fingerprint density at radius 3 is 2.58 bits per heavy atom. The van der Waals surface area contributed by atoms with Crippen LogP contribution in [0.3, 0.4) is 0 Å². The summed E-state index contributed by atoms with van der Waals surface area (Å²) in [6, 6.07) is 2.62. The van der Waals surface area contributed by atoms with Gasteiger partial charge in [-0.25, -0.2) is 8.78 Å². The zero-order chi connectivity index (χ0) is 13.8. The summed E-state index contributed by atoms with van der Waals surface area (Å²) in [5.74, 6) is -0.850. The molecule has 0 aliphatic carbocycles. The minimum atomic E-state index is -0.438. The van der Waals surface area contributed by atoms with Crippen LogP contribution >= 0.6 is 15.9 Å². The zero-order valence-electron chi connectivity index (χ0n) is 11.1. The normalized spacial score (nSPS) is 17.7. The van der Waals surface area contributed by atoms with Crippen LogP contribution in [0.25, 0.3) is 0 Å². The fourth-order valence-corrected chi connectivity index (χ4v) is 2.79. The average Bonchev–Trinajstić information content (AvgIpc) is 2.38. The first kappa shape index (κ1) is 14.7. The first-order valence-corrected chi connectivity index (χ1v) is 7.53. The lowest BCUT2D eigenvalue weighted by molar-refractivity contribution is 0.219. The molecule has 2 rings (SSSR count). The van der Waals surface area contributed by atoms with Crippen molar-refractivity contribution in [2.75, 3.05) is 25.0 Å². The van der Waals surface area contributed by atoms with Crippen molar-refractivity contribution in [2.45, 2.75) is 32.2 Å². The van der Waals surface area contributed by atoms with Crippen molar-refractivity contribution in [3.63, 3.8) is 0 Å². The van der Waals surface area contributed by atoms with Gasteiger partial charge in [0.15, 0.2) is 0 Å². The molecule has 5 heteroatoms. The van der Waals surface area contributed by atoms with Crippen molar-refractivity contribution >= 4 is 21.6 Å². The van der Waals surface area contributed by atoms with Gasteiger partial charge in [0.1, 0.15) is 11.6 Å². The second kappa shape index (κ2) is 6.66. The SMILES string of the molecule is CCCN1CCC(Nc2cc(F)c(Br)cc2F)CC1. The molecule has 2 nitrogen and oxygen atoms in total. The van der Waals surface area contributed by atoms with Crippen LogP contribution in [0.15, 0.2) is 16.6 Å². The molecular weight excluding hydrogens is 314 g/mol. The molecule has 19 heavy (non-hydrogen) atoms. The van der Waals surface area contributed by atoms with Gasteiger partial charge in [-0.2, -0.15) is 0 Å². The van der Waals surface area contributed by atoms with Crippen LogP contribution in [-0.4, -0.2) is 30.6 Å². The molecule has 0 unspecified atom stereocenters. The topological polar surface area (TPSA) is 15.3 Å². The van der Waals surface area contributed by atoms with Gasteiger partial charge < -0.3 is 10.2 Å². The Bertz CT molecular complexity index is 432. The lowest BCUT2D eigenvalue weighted by atomic mass is 10.0. The minimum Gasteiger partial charge on any atom is -0.380 e. The van der Waals surface area contributed by atoms with E-state index in [0.29, 0.717) is 0 Å². The van der Waals surface area contributed by atoms with E-state index in [9.17, 15) is 8.78 Å². The number of nitrogens with one attached hydrogen (secondary N) is 1. The van der Waals surface area contributed by atoms with Crippen molar-refractivity contribution in [3.05, 3.63) is 28.2 Å². The van der Waals surface area contributed by atoms with E-state index in [0.717, 1.165) is 38.9 Å². The Kier molecular flexibility index (Phi) is 5.16. The molecule has 1 fully saturated rings. The number of nitrogens with zero attached hydrogens (tertiary/aromatic N) is 1. The quantitative estimate of drug-likeness (QED) is 0.838. The van der Waals surface area contributed by atoms with Gasteiger partial charge in [-0.05, 0) is 47.8 Å². The van der Waals surface area contributed by atoms with Gasteiger partial charge in [-0.3, -0.25) is 0 Å². The van der Waals surface area contributed by atoms with Crippen LogP contribution in [0.5, 0.6) is 0 Å². The fraction of sp³-hybridized carbons (Fsp3) is 0.571.